The topological polar surface area (TPSA) is 46.5 Å². The van der Waals surface area contributed by atoms with Crippen molar-refractivity contribution in [2.45, 2.75) is 32.8 Å². The highest BCUT2D eigenvalue weighted by Gasteiger charge is 2.20. The summed E-state index contributed by atoms with van der Waals surface area (Å²) in [6, 6.07) is 5.57. The van der Waals surface area contributed by atoms with Crippen molar-refractivity contribution in [2.75, 3.05) is 0 Å². The van der Waals surface area contributed by atoms with Crippen molar-refractivity contribution >= 4 is 5.97 Å². The molecule has 1 N–H and O–H groups in total. The van der Waals surface area contributed by atoms with Crippen molar-refractivity contribution in [2.24, 2.45) is 5.92 Å². The number of hydrogen-bond donors (Lipinski definition) is 1. The van der Waals surface area contributed by atoms with E-state index in [9.17, 15) is 9.90 Å². The minimum absolute atomic E-state index is 0.126. The number of benzene rings is 1. The second kappa shape index (κ2) is 4.26. The smallest absolute Gasteiger partial charge is 0.313 e. The Morgan fingerprint density at radius 1 is 1.38 bits per heavy atom. The van der Waals surface area contributed by atoms with Gasteiger partial charge in [0.1, 0.15) is 5.75 Å². The Balaban J connectivity index is 2.14. The van der Waals surface area contributed by atoms with Crippen LogP contribution in [0.15, 0.2) is 18.2 Å². The summed E-state index contributed by atoms with van der Waals surface area (Å²) < 4.78 is 5.22. The number of ether oxygens (including phenoxy) is 1. The molecule has 0 bridgehead atoms. The molecule has 0 saturated carbocycles. The van der Waals surface area contributed by atoms with Crippen LogP contribution in [0.25, 0.3) is 0 Å². The maximum Gasteiger partial charge on any atom is 0.313 e. The fraction of sp³-hybridized carbons (Fsp3) is 0.462. The predicted molar refractivity (Wildman–Crippen MR) is 60.3 cm³/mol. The Morgan fingerprint density at radius 3 is 2.75 bits per heavy atom. The molecule has 0 aromatic heterocycles. The highest BCUT2D eigenvalue weighted by molar-refractivity contribution is 5.74. The van der Waals surface area contributed by atoms with Crippen LogP contribution in [0.1, 0.15) is 25.0 Å². The summed E-state index contributed by atoms with van der Waals surface area (Å²) in [5.41, 5.74) is 2.23. The molecule has 1 unspecified atom stereocenters. The van der Waals surface area contributed by atoms with Crippen molar-refractivity contribution in [3.8, 4) is 5.75 Å². The van der Waals surface area contributed by atoms with Crippen molar-refractivity contribution in [1.82, 2.24) is 0 Å². The van der Waals surface area contributed by atoms with Crippen LogP contribution in [-0.2, 0) is 17.6 Å². The molecule has 3 heteroatoms. The van der Waals surface area contributed by atoms with E-state index >= 15 is 0 Å². The van der Waals surface area contributed by atoms with E-state index in [1.807, 2.05) is 12.1 Å². The van der Waals surface area contributed by atoms with Gasteiger partial charge in [0.05, 0.1) is 12.0 Å². The Bertz CT molecular complexity index is 410. The van der Waals surface area contributed by atoms with Crippen LogP contribution in [0.4, 0.5) is 0 Å². The van der Waals surface area contributed by atoms with Crippen molar-refractivity contribution in [3.63, 3.8) is 0 Å². The summed E-state index contributed by atoms with van der Waals surface area (Å²) in [6.07, 6.45) is 1.07. The van der Waals surface area contributed by atoms with Gasteiger partial charge in [-0.25, -0.2) is 0 Å². The van der Waals surface area contributed by atoms with E-state index in [0.29, 0.717) is 18.6 Å². The van der Waals surface area contributed by atoms with Gasteiger partial charge >= 0.3 is 5.97 Å². The maximum absolute atomic E-state index is 11.4. The lowest BCUT2D eigenvalue weighted by Gasteiger charge is -2.07. The van der Waals surface area contributed by atoms with Gasteiger partial charge in [0, 0.05) is 0 Å². The zero-order valence-corrected chi connectivity index (χ0v) is 9.56. The zero-order valence-electron chi connectivity index (χ0n) is 9.56. The molecule has 0 heterocycles. The van der Waals surface area contributed by atoms with Crippen LogP contribution in [0.5, 0.6) is 5.75 Å². The van der Waals surface area contributed by atoms with Crippen LogP contribution in [0.3, 0.4) is 0 Å². The first-order valence-electron chi connectivity index (χ1n) is 5.58. The summed E-state index contributed by atoms with van der Waals surface area (Å²) in [6.45, 7) is 3.61. The number of carbonyl (C=O) groups is 1. The quantitative estimate of drug-likeness (QED) is 0.609. The highest BCUT2D eigenvalue weighted by Crippen LogP contribution is 2.26. The maximum atomic E-state index is 11.4. The first-order chi connectivity index (χ1) is 7.56. The molecule has 0 amide bonds. The third kappa shape index (κ3) is 2.25. The minimum Gasteiger partial charge on any atom is -0.426 e. The van der Waals surface area contributed by atoms with E-state index in [1.165, 1.54) is 0 Å². The number of aliphatic hydroxyl groups is 1. The van der Waals surface area contributed by atoms with Gasteiger partial charge in [-0.05, 0) is 36.1 Å². The molecule has 0 radical (unpaired) electrons. The van der Waals surface area contributed by atoms with E-state index in [1.54, 1.807) is 19.9 Å². The van der Waals surface area contributed by atoms with Gasteiger partial charge in [0.25, 0.3) is 0 Å². The van der Waals surface area contributed by atoms with Crippen LogP contribution >= 0.6 is 0 Å². The molecule has 0 spiro atoms. The standard InChI is InChI=1S/C13H16O3/c1-8(2)13(15)16-12-4-3-9-5-11(14)6-10(9)7-12/h3-4,7-8,11,14H,5-6H2,1-2H3. The average molecular weight is 220 g/mol. The van der Waals surface area contributed by atoms with Gasteiger partial charge in [-0.15, -0.1) is 0 Å². The van der Waals surface area contributed by atoms with Gasteiger partial charge in [-0.1, -0.05) is 19.9 Å². The number of hydrogen-bond acceptors (Lipinski definition) is 3. The lowest BCUT2D eigenvalue weighted by molar-refractivity contribution is -0.137. The fourth-order valence-corrected chi connectivity index (χ4v) is 1.87. The monoisotopic (exact) mass is 220 g/mol. The summed E-state index contributed by atoms with van der Waals surface area (Å²) in [5.74, 6) is 0.226. The average Bonchev–Trinajstić information content (AvgIpc) is 2.57. The lowest BCUT2D eigenvalue weighted by Crippen LogP contribution is -2.14. The molecule has 2 rings (SSSR count). The van der Waals surface area contributed by atoms with E-state index in [-0.39, 0.29) is 18.0 Å². The Morgan fingerprint density at radius 2 is 2.06 bits per heavy atom. The molecule has 1 aliphatic carbocycles. The summed E-state index contributed by atoms with van der Waals surface area (Å²) >= 11 is 0. The van der Waals surface area contributed by atoms with E-state index < -0.39 is 0 Å². The van der Waals surface area contributed by atoms with Crippen LogP contribution in [-0.4, -0.2) is 17.2 Å². The predicted octanol–water partition coefficient (Wildman–Crippen LogP) is 1.71. The molecule has 0 saturated heterocycles. The van der Waals surface area contributed by atoms with Crippen LogP contribution in [0, 0.1) is 5.92 Å². The molecule has 0 fully saturated rings. The zero-order chi connectivity index (χ0) is 11.7. The second-order valence-corrected chi connectivity index (χ2v) is 4.57. The fourth-order valence-electron chi connectivity index (χ4n) is 1.87. The van der Waals surface area contributed by atoms with Gasteiger partial charge in [0.2, 0.25) is 0 Å². The van der Waals surface area contributed by atoms with Gasteiger partial charge in [-0.3, -0.25) is 4.79 Å². The molecule has 1 aromatic rings. The Hall–Kier alpha value is -1.35. The van der Waals surface area contributed by atoms with E-state index in [4.69, 9.17) is 4.74 Å². The van der Waals surface area contributed by atoms with Crippen molar-refractivity contribution < 1.29 is 14.6 Å². The molecule has 16 heavy (non-hydrogen) atoms. The Labute approximate surface area is 95.0 Å². The Kier molecular flexibility index (Phi) is 2.97. The van der Waals surface area contributed by atoms with Crippen LogP contribution in [0.2, 0.25) is 0 Å². The minimum atomic E-state index is -0.286. The van der Waals surface area contributed by atoms with Gasteiger partial charge in [-0.2, -0.15) is 0 Å². The number of fused-ring (bicyclic) bond motifs is 1. The number of carbonyl (C=O) groups excluding carboxylic acids is 1. The molecule has 0 aliphatic heterocycles. The van der Waals surface area contributed by atoms with Crippen molar-refractivity contribution in [3.05, 3.63) is 29.3 Å². The highest BCUT2D eigenvalue weighted by atomic mass is 16.5. The summed E-state index contributed by atoms with van der Waals surface area (Å²) in [5, 5.41) is 9.50. The third-order valence-corrected chi connectivity index (χ3v) is 2.78. The molecule has 86 valence electrons. The molecule has 1 aliphatic rings. The van der Waals surface area contributed by atoms with Crippen LogP contribution < -0.4 is 4.74 Å². The summed E-state index contributed by atoms with van der Waals surface area (Å²) in [4.78, 5) is 11.4. The first-order valence-corrected chi connectivity index (χ1v) is 5.58. The first kappa shape index (κ1) is 11.1. The number of aliphatic hydroxyl groups excluding tert-OH is 1. The van der Waals surface area contributed by atoms with Gasteiger partial charge in [0.15, 0.2) is 0 Å². The molecular formula is C13H16O3. The van der Waals surface area contributed by atoms with Crippen molar-refractivity contribution in [1.29, 1.82) is 0 Å². The molecule has 1 atom stereocenters. The molecular weight excluding hydrogens is 204 g/mol. The SMILES string of the molecule is CC(C)C(=O)Oc1ccc2c(c1)CC(O)C2. The normalized spacial score (nSPS) is 18.6. The van der Waals surface area contributed by atoms with E-state index in [2.05, 4.69) is 0 Å². The third-order valence-electron chi connectivity index (χ3n) is 2.78. The second-order valence-electron chi connectivity index (χ2n) is 4.57. The number of rotatable bonds is 2. The van der Waals surface area contributed by atoms with E-state index in [0.717, 1.165) is 11.1 Å². The largest absolute Gasteiger partial charge is 0.426 e. The van der Waals surface area contributed by atoms with Gasteiger partial charge < -0.3 is 9.84 Å². The number of esters is 1. The molecule has 1 aromatic carbocycles. The lowest BCUT2D eigenvalue weighted by atomic mass is 10.1. The molecule has 3 nitrogen and oxygen atoms in total. The summed E-state index contributed by atoms with van der Waals surface area (Å²) in [7, 11) is 0.